The predicted molar refractivity (Wildman–Crippen MR) is 83.4 cm³/mol. The van der Waals surface area contributed by atoms with Gasteiger partial charge < -0.3 is 14.6 Å². The zero-order valence-electron chi connectivity index (χ0n) is 12.0. The summed E-state index contributed by atoms with van der Waals surface area (Å²) in [5, 5.41) is 13.4. The molecule has 2 heterocycles. The molecule has 114 valence electrons. The van der Waals surface area contributed by atoms with E-state index in [1.165, 1.54) is 11.8 Å². The fraction of sp³-hybridized carbons (Fsp3) is 0.462. The number of rotatable bonds is 8. The molecule has 0 aliphatic heterocycles. The molecule has 0 fully saturated rings. The number of nitrogens with one attached hydrogen (secondary N) is 1. The van der Waals surface area contributed by atoms with Gasteiger partial charge in [-0.05, 0) is 18.4 Å². The van der Waals surface area contributed by atoms with Crippen LogP contribution >= 0.6 is 23.1 Å². The van der Waals surface area contributed by atoms with Crippen molar-refractivity contribution >= 4 is 29.0 Å². The Kier molecular flexibility index (Phi) is 6.21. The molecule has 2 aromatic heterocycles. The van der Waals surface area contributed by atoms with Crippen molar-refractivity contribution in [2.24, 2.45) is 0 Å². The fourth-order valence-electron chi connectivity index (χ4n) is 1.62. The van der Waals surface area contributed by atoms with Crippen LogP contribution in [0.3, 0.4) is 0 Å². The minimum absolute atomic E-state index is 0.00492. The van der Waals surface area contributed by atoms with Crippen molar-refractivity contribution < 1.29 is 9.53 Å². The van der Waals surface area contributed by atoms with Crippen molar-refractivity contribution in [2.45, 2.75) is 30.4 Å². The lowest BCUT2D eigenvalue weighted by Crippen LogP contribution is -2.30. The summed E-state index contributed by atoms with van der Waals surface area (Å²) >= 11 is 3.03. The zero-order chi connectivity index (χ0) is 15.1. The Morgan fingerprint density at radius 1 is 1.62 bits per heavy atom. The quantitative estimate of drug-likeness (QED) is 0.749. The highest BCUT2D eigenvalue weighted by molar-refractivity contribution is 8.00. The molecule has 1 amide bonds. The monoisotopic (exact) mass is 326 g/mol. The van der Waals surface area contributed by atoms with E-state index in [4.69, 9.17) is 4.74 Å². The summed E-state index contributed by atoms with van der Waals surface area (Å²) in [5.41, 5.74) is 0. The first-order chi connectivity index (χ1) is 10.2. The number of hydrogen-bond donors (Lipinski definition) is 1. The van der Waals surface area contributed by atoms with Gasteiger partial charge >= 0.3 is 0 Å². The molecule has 0 spiro atoms. The second-order valence-electron chi connectivity index (χ2n) is 4.36. The van der Waals surface area contributed by atoms with Crippen LogP contribution in [0.15, 0.2) is 29.0 Å². The molecule has 0 aliphatic rings. The van der Waals surface area contributed by atoms with Gasteiger partial charge in [0.15, 0.2) is 5.16 Å². The van der Waals surface area contributed by atoms with Crippen LogP contribution in [0, 0.1) is 0 Å². The molecule has 21 heavy (non-hydrogen) atoms. The number of nitrogens with zero attached hydrogens (tertiary/aromatic N) is 3. The molecule has 0 saturated heterocycles. The largest absolute Gasteiger partial charge is 0.383 e. The van der Waals surface area contributed by atoms with E-state index >= 15 is 0 Å². The van der Waals surface area contributed by atoms with E-state index in [0.717, 1.165) is 10.0 Å². The number of amides is 1. The minimum Gasteiger partial charge on any atom is -0.383 e. The number of carbonyl (C=O) groups is 1. The number of thioether (sulfide) groups is 1. The first kappa shape index (κ1) is 16.0. The first-order valence-electron chi connectivity index (χ1n) is 6.54. The maximum Gasteiger partial charge on any atom is 0.233 e. The van der Waals surface area contributed by atoms with Crippen LogP contribution in [0.25, 0.3) is 0 Å². The number of carbonyl (C=O) groups excluding carboxylic acids is 1. The van der Waals surface area contributed by atoms with Crippen LogP contribution in [0.4, 0.5) is 0 Å². The van der Waals surface area contributed by atoms with Crippen LogP contribution in [0.1, 0.15) is 11.8 Å². The van der Waals surface area contributed by atoms with Gasteiger partial charge in [-0.1, -0.05) is 17.8 Å². The molecule has 1 atom stereocenters. The third-order valence-corrected chi connectivity index (χ3v) is 4.76. The molecule has 1 unspecified atom stereocenters. The Bertz CT molecular complexity index is 556. The van der Waals surface area contributed by atoms with Crippen LogP contribution in [0.2, 0.25) is 0 Å². The van der Waals surface area contributed by atoms with Crippen LogP contribution in [0.5, 0.6) is 0 Å². The fourth-order valence-corrected chi connectivity index (χ4v) is 3.14. The number of thiophene rings is 1. The molecule has 6 nitrogen and oxygen atoms in total. The lowest BCUT2D eigenvalue weighted by Gasteiger charge is -2.11. The Morgan fingerprint density at radius 3 is 3.19 bits per heavy atom. The molecule has 0 aliphatic carbocycles. The number of ether oxygens (including phenoxy) is 1. The summed E-state index contributed by atoms with van der Waals surface area (Å²) in [4.78, 5) is 13.2. The van der Waals surface area contributed by atoms with E-state index in [2.05, 4.69) is 15.5 Å². The van der Waals surface area contributed by atoms with Gasteiger partial charge in [-0.2, -0.15) is 0 Å². The van der Waals surface area contributed by atoms with E-state index in [0.29, 0.717) is 19.7 Å². The van der Waals surface area contributed by atoms with Crippen molar-refractivity contribution in [3.8, 4) is 0 Å². The molecule has 0 aromatic carbocycles. The Morgan fingerprint density at radius 2 is 2.48 bits per heavy atom. The van der Waals surface area contributed by atoms with Gasteiger partial charge in [-0.3, -0.25) is 4.79 Å². The molecule has 1 N–H and O–H groups in total. The summed E-state index contributed by atoms with van der Waals surface area (Å²) in [6.45, 7) is 3.70. The Labute approximate surface area is 131 Å². The Hall–Kier alpha value is -1.38. The summed E-state index contributed by atoms with van der Waals surface area (Å²) in [5.74, 6) is -0.00492. The molecular weight excluding hydrogens is 308 g/mol. The molecule has 2 aromatic rings. The SMILES string of the molecule is COCCn1cnnc1SC(C)C(=O)NCc1cccs1. The van der Waals surface area contributed by atoms with Gasteiger partial charge in [0, 0.05) is 18.5 Å². The smallest absolute Gasteiger partial charge is 0.233 e. The average Bonchev–Trinajstić information content (AvgIpc) is 3.14. The normalized spacial score (nSPS) is 12.3. The van der Waals surface area contributed by atoms with Gasteiger partial charge in [0.25, 0.3) is 0 Å². The summed E-state index contributed by atoms with van der Waals surface area (Å²) in [6, 6.07) is 3.98. The summed E-state index contributed by atoms with van der Waals surface area (Å²) < 4.78 is 6.92. The van der Waals surface area contributed by atoms with E-state index in [1.807, 2.05) is 29.0 Å². The minimum atomic E-state index is -0.226. The zero-order valence-corrected chi connectivity index (χ0v) is 13.6. The number of hydrogen-bond acceptors (Lipinski definition) is 6. The second kappa shape index (κ2) is 8.16. The second-order valence-corrected chi connectivity index (χ2v) is 6.70. The van der Waals surface area contributed by atoms with Crippen LogP contribution in [-0.2, 0) is 22.6 Å². The highest BCUT2D eigenvalue weighted by Gasteiger charge is 2.17. The van der Waals surface area contributed by atoms with E-state index in [-0.39, 0.29) is 11.2 Å². The van der Waals surface area contributed by atoms with Crippen LogP contribution in [-0.4, -0.2) is 39.6 Å². The standard InChI is InChI=1S/C13H18N4O2S2/c1-10(12(18)14-8-11-4-3-7-20-11)21-13-16-15-9-17(13)5-6-19-2/h3-4,7,9-10H,5-6,8H2,1-2H3,(H,14,18). The third kappa shape index (κ3) is 4.83. The van der Waals surface area contributed by atoms with Gasteiger partial charge in [0.05, 0.1) is 18.4 Å². The molecule has 0 saturated carbocycles. The lowest BCUT2D eigenvalue weighted by molar-refractivity contribution is -0.120. The highest BCUT2D eigenvalue weighted by atomic mass is 32.2. The first-order valence-corrected chi connectivity index (χ1v) is 8.30. The highest BCUT2D eigenvalue weighted by Crippen LogP contribution is 2.21. The third-order valence-electron chi connectivity index (χ3n) is 2.78. The van der Waals surface area contributed by atoms with E-state index in [1.54, 1.807) is 24.8 Å². The molecule has 8 heteroatoms. The van der Waals surface area contributed by atoms with Crippen molar-refractivity contribution in [3.63, 3.8) is 0 Å². The van der Waals surface area contributed by atoms with Crippen molar-refractivity contribution in [1.29, 1.82) is 0 Å². The number of methoxy groups -OCH3 is 1. The summed E-state index contributed by atoms with van der Waals surface area (Å²) in [7, 11) is 1.65. The predicted octanol–water partition coefficient (Wildman–Crippen LogP) is 1.78. The maximum absolute atomic E-state index is 12.1. The van der Waals surface area contributed by atoms with E-state index in [9.17, 15) is 4.79 Å². The van der Waals surface area contributed by atoms with Gasteiger partial charge in [0.2, 0.25) is 5.91 Å². The average molecular weight is 326 g/mol. The molecular formula is C13H18N4O2S2. The van der Waals surface area contributed by atoms with Gasteiger partial charge in [0.1, 0.15) is 6.33 Å². The topological polar surface area (TPSA) is 69.0 Å². The Balaban J connectivity index is 1.84. The van der Waals surface area contributed by atoms with Crippen LogP contribution < -0.4 is 5.32 Å². The van der Waals surface area contributed by atoms with Crippen molar-refractivity contribution in [3.05, 3.63) is 28.7 Å². The molecule has 0 radical (unpaired) electrons. The maximum atomic E-state index is 12.1. The van der Waals surface area contributed by atoms with Crippen molar-refractivity contribution in [2.75, 3.05) is 13.7 Å². The van der Waals surface area contributed by atoms with Gasteiger partial charge in [-0.25, -0.2) is 0 Å². The van der Waals surface area contributed by atoms with E-state index < -0.39 is 0 Å². The number of aromatic nitrogens is 3. The van der Waals surface area contributed by atoms with Gasteiger partial charge in [-0.15, -0.1) is 21.5 Å². The molecule has 2 rings (SSSR count). The lowest BCUT2D eigenvalue weighted by atomic mass is 10.4. The summed E-state index contributed by atoms with van der Waals surface area (Å²) in [6.07, 6.45) is 1.65. The van der Waals surface area contributed by atoms with Crippen molar-refractivity contribution in [1.82, 2.24) is 20.1 Å². The molecule has 0 bridgehead atoms.